The fraction of sp³-hybridized carbons (Fsp3) is 0. The predicted molar refractivity (Wildman–Crippen MR) is 210 cm³/mol. The van der Waals surface area contributed by atoms with Crippen molar-refractivity contribution in [1.29, 1.82) is 0 Å². The van der Waals surface area contributed by atoms with Gasteiger partial charge in [-0.1, -0.05) is 109 Å². The van der Waals surface area contributed by atoms with Gasteiger partial charge in [-0.05, 0) is 93.7 Å². The van der Waals surface area contributed by atoms with Crippen LogP contribution >= 0.6 is 11.3 Å². The minimum absolute atomic E-state index is 0.880. The largest absolute Gasteiger partial charge is 0.456 e. The van der Waals surface area contributed by atoms with Gasteiger partial charge in [-0.3, -0.25) is 0 Å². The number of furan rings is 1. The fourth-order valence-corrected chi connectivity index (χ4v) is 8.39. The lowest BCUT2D eigenvalue weighted by Crippen LogP contribution is -2.09. The number of thiophene rings is 1. The molecule has 0 aliphatic heterocycles. The summed E-state index contributed by atoms with van der Waals surface area (Å²) in [5.41, 5.74) is 9.79. The summed E-state index contributed by atoms with van der Waals surface area (Å²) in [6.45, 7) is 0. The molecule has 0 radical (unpaired) electrons. The highest BCUT2D eigenvalue weighted by molar-refractivity contribution is 7.26. The molecule has 0 aliphatic rings. The first-order valence-corrected chi connectivity index (χ1v) is 17.4. The third-order valence-electron chi connectivity index (χ3n) is 9.67. The average molecular weight is 644 g/mol. The first kappa shape index (κ1) is 27.9. The Morgan fingerprint density at radius 3 is 1.76 bits per heavy atom. The van der Waals surface area contributed by atoms with E-state index in [0.717, 1.165) is 39.0 Å². The highest BCUT2D eigenvalue weighted by Crippen LogP contribution is 2.42. The van der Waals surface area contributed by atoms with Crippen LogP contribution in [-0.2, 0) is 0 Å². The second kappa shape index (κ2) is 11.2. The van der Waals surface area contributed by atoms with Crippen LogP contribution in [0.15, 0.2) is 180 Å². The van der Waals surface area contributed by atoms with Crippen LogP contribution < -0.4 is 4.90 Å². The van der Waals surface area contributed by atoms with E-state index >= 15 is 0 Å². The van der Waals surface area contributed by atoms with Crippen LogP contribution in [0, 0.1) is 0 Å². The zero-order chi connectivity index (χ0) is 32.3. The lowest BCUT2D eigenvalue weighted by molar-refractivity contribution is 0.669. The van der Waals surface area contributed by atoms with Crippen molar-refractivity contribution < 1.29 is 4.42 Å². The van der Waals surface area contributed by atoms with Crippen molar-refractivity contribution in [2.45, 2.75) is 0 Å². The lowest BCUT2D eigenvalue weighted by Gasteiger charge is -2.26. The van der Waals surface area contributed by atoms with Crippen molar-refractivity contribution in [3.8, 4) is 22.3 Å². The van der Waals surface area contributed by atoms with E-state index in [0.29, 0.717) is 0 Å². The number of benzene rings is 8. The zero-order valence-corrected chi connectivity index (χ0v) is 27.3. The van der Waals surface area contributed by atoms with Crippen molar-refractivity contribution in [3.63, 3.8) is 0 Å². The van der Waals surface area contributed by atoms with E-state index in [1.165, 1.54) is 53.2 Å². The second-order valence-electron chi connectivity index (χ2n) is 12.5. The molecule has 2 heterocycles. The van der Waals surface area contributed by atoms with Gasteiger partial charge in [0.15, 0.2) is 0 Å². The number of anilines is 3. The molecular formula is C46H29NOS. The van der Waals surface area contributed by atoms with Gasteiger partial charge in [0.05, 0.1) is 0 Å². The Labute approximate surface area is 287 Å². The molecule has 10 rings (SSSR count). The summed E-state index contributed by atoms with van der Waals surface area (Å²) in [5.74, 6) is 0. The lowest BCUT2D eigenvalue weighted by atomic mass is 9.98. The number of rotatable bonds is 5. The first-order chi connectivity index (χ1) is 24.3. The molecule has 0 spiro atoms. The van der Waals surface area contributed by atoms with E-state index in [1.807, 2.05) is 23.5 Å². The Morgan fingerprint density at radius 2 is 0.959 bits per heavy atom. The number of fused-ring (bicyclic) bond motifs is 8. The van der Waals surface area contributed by atoms with Crippen molar-refractivity contribution in [2.75, 3.05) is 4.90 Å². The van der Waals surface area contributed by atoms with Gasteiger partial charge in [0.2, 0.25) is 0 Å². The Hall–Kier alpha value is -6.16. The molecule has 0 saturated carbocycles. The molecule has 0 saturated heterocycles. The molecule has 0 atom stereocenters. The quantitative estimate of drug-likeness (QED) is 0.186. The third-order valence-corrected chi connectivity index (χ3v) is 10.8. The predicted octanol–water partition coefficient (Wildman–Crippen LogP) is 13.9. The van der Waals surface area contributed by atoms with E-state index < -0.39 is 0 Å². The van der Waals surface area contributed by atoms with Crippen LogP contribution in [0.1, 0.15) is 0 Å². The van der Waals surface area contributed by atoms with Gasteiger partial charge in [-0.25, -0.2) is 0 Å². The molecule has 0 aliphatic carbocycles. The van der Waals surface area contributed by atoms with Crippen LogP contribution in [0.25, 0.3) is 75.1 Å². The van der Waals surface area contributed by atoms with Gasteiger partial charge < -0.3 is 9.32 Å². The number of nitrogens with zero attached hydrogens (tertiary/aromatic N) is 1. The van der Waals surface area contributed by atoms with Gasteiger partial charge in [0.25, 0.3) is 0 Å². The van der Waals surface area contributed by atoms with E-state index in [-0.39, 0.29) is 0 Å². The molecule has 0 amide bonds. The van der Waals surface area contributed by atoms with Crippen LogP contribution in [0.5, 0.6) is 0 Å². The molecule has 0 unspecified atom stereocenters. The van der Waals surface area contributed by atoms with Crippen LogP contribution in [-0.4, -0.2) is 0 Å². The van der Waals surface area contributed by atoms with E-state index in [4.69, 9.17) is 4.42 Å². The standard InChI is InChI=1S/C46H29NOS/c1-2-8-30(9-3-1)31-14-20-35(21-15-31)47(37-24-26-40-39-10-4-6-12-42(39)48-43(40)29-37)36-22-16-32(17-23-36)33-18-25-38-34(28-33)19-27-45-46(38)41-11-5-7-13-44(41)49-45/h1-29H. The molecular weight excluding hydrogens is 615 g/mol. The van der Waals surface area contributed by atoms with Gasteiger partial charge >= 0.3 is 0 Å². The summed E-state index contributed by atoms with van der Waals surface area (Å²) in [6, 6.07) is 63.2. The van der Waals surface area contributed by atoms with Gasteiger partial charge in [0, 0.05) is 54.1 Å². The maximum atomic E-state index is 6.32. The average Bonchev–Trinajstić information content (AvgIpc) is 3.74. The highest BCUT2D eigenvalue weighted by Gasteiger charge is 2.16. The van der Waals surface area contributed by atoms with Crippen LogP contribution in [0.3, 0.4) is 0 Å². The zero-order valence-electron chi connectivity index (χ0n) is 26.5. The van der Waals surface area contributed by atoms with E-state index in [9.17, 15) is 0 Å². The summed E-state index contributed by atoms with van der Waals surface area (Å²) < 4.78 is 9.00. The third kappa shape index (κ3) is 4.70. The molecule has 8 aromatic carbocycles. The maximum Gasteiger partial charge on any atom is 0.137 e. The second-order valence-corrected chi connectivity index (χ2v) is 13.6. The minimum Gasteiger partial charge on any atom is -0.456 e. The van der Waals surface area contributed by atoms with Crippen molar-refractivity contribution >= 4 is 81.3 Å². The molecule has 0 fully saturated rings. The number of hydrogen-bond acceptors (Lipinski definition) is 3. The maximum absolute atomic E-state index is 6.32. The monoisotopic (exact) mass is 643 g/mol. The first-order valence-electron chi connectivity index (χ1n) is 16.6. The summed E-state index contributed by atoms with van der Waals surface area (Å²) in [5, 5.41) is 7.52. The Bertz CT molecular complexity index is 2810. The Morgan fingerprint density at radius 1 is 0.367 bits per heavy atom. The SMILES string of the molecule is c1ccc(-c2ccc(N(c3ccc(-c4ccc5c(ccc6sc7ccccc7c65)c4)cc3)c3ccc4c(c3)oc3ccccc34)cc2)cc1. The molecule has 49 heavy (non-hydrogen) atoms. The molecule has 2 nitrogen and oxygen atoms in total. The van der Waals surface area contributed by atoms with E-state index in [1.54, 1.807) is 0 Å². The summed E-state index contributed by atoms with van der Waals surface area (Å²) in [7, 11) is 0. The van der Waals surface area contributed by atoms with Crippen LogP contribution in [0.4, 0.5) is 17.1 Å². The number of para-hydroxylation sites is 1. The van der Waals surface area contributed by atoms with Gasteiger partial charge in [-0.2, -0.15) is 0 Å². The molecule has 10 aromatic rings. The Kier molecular flexibility index (Phi) is 6.39. The summed E-state index contributed by atoms with van der Waals surface area (Å²) in [6.07, 6.45) is 0. The molecule has 3 heteroatoms. The molecule has 2 aromatic heterocycles. The molecule has 230 valence electrons. The minimum atomic E-state index is 0.880. The molecule has 0 bridgehead atoms. The molecule has 0 N–H and O–H groups in total. The smallest absolute Gasteiger partial charge is 0.137 e. The van der Waals surface area contributed by atoms with Crippen LogP contribution in [0.2, 0.25) is 0 Å². The summed E-state index contributed by atoms with van der Waals surface area (Å²) >= 11 is 1.87. The van der Waals surface area contributed by atoms with E-state index in [2.05, 4.69) is 169 Å². The normalized spacial score (nSPS) is 11.7. The Balaban J connectivity index is 1.06. The van der Waals surface area contributed by atoms with Crippen molar-refractivity contribution in [2.24, 2.45) is 0 Å². The van der Waals surface area contributed by atoms with Crippen molar-refractivity contribution in [3.05, 3.63) is 176 Å². The topological polar surface area (TPSA) is 16.4 Å². The van der Waals surface area contributed by atoms with Crippen molar-refractivity contribution in [1.82, 2.24) is 0 Å². The summed E-state index contributed by atoms with van der Waals surface area (Å²) in [4.78, 5) is 2.31. The highest BCUT2D eigenvalue weighted by atomic mass is 32.1. The van der Waals surface area contributed by atoms with Gasteiger partial charge in [0.1, 0.15) is 11.2 Å². The fourth-order valence-electron chi connectivity index (χ4n) is 7.27. The number of hydrogen-bond donors (Lipinski definition) is 0. The van der Waals surface area contributed by atoms with Gasteiger partial charge in [-0.15, -0.1) is 11.3 Å².